The Labute approximate surface area is 122 Å². The predicted molar refractivity (Wildman–Crippen MR) is 77.4 cm³/mol. The summed E-state index contributed by atoms with van der Waals surface area (Å²) in [6.45, 7) is 5.94. The molecule has 5 nitrogen and oxygen atoms in total. The molecular weight excluding hydrogens is 276 g/mol. The lowest BCUT2D eigenvalue weighted by atomic mass is 10.2. The van der Waals surface area contributed by atoms with E-state index in [1.54, 1.807) is 35.4 Å². The Morgan fingerprint density at radius 2 is 2.15 bits per heavy atom. The van der Waals surface area contributed by atoms with E-state index in [1.807, 2.05) is 20.8 Å². The lowest BCUT2D eigenvalue weighted by Gasteiger charge is -2.23. The Hall–Kier alpha value is -1.82. The van der Waals surface area contributed by atoms with Crippen molar-refractivity contribution in [2.75, 3.05) is 14.2 Å². The number of carbonyl (C=O) groups excluding carboxylic acids is 1. The highest BCUT2D eigenvalue weighted by molar-refractivity contribution is 7.11. The number of methoxy groups -OCH3 is 1. The molecule has 20 heavy (non-hydrogen) atoms. The van der Waals surface area contributed by atoms with Crippen molar-refractivity contribution < 1.29 is 13.9 Å². The number of ether oxygens (including phenoxy) is 1. The van der Waals surface area contributed by atoms with Crippen molar-refractivity contribution >= 4 is 17.2 Å². The van der Waals surface area contributed by atoms with Crippen molar-refractivity contribution in [2.45, 2.75) is 26.8 Å². The fourth-order valence-electron chi connectivity index (χ4n) is 2.01. The third-order valence-electron chi connectivity index (χ3n) is 3.23. The first-order valence-electron chi connectivity index (χ1n) is 6.29. The number of furan rings is 1. The van der Waals surface area contributed by atoms with Gasteiger partial charge in [-0.05, 0) is 26.8 Å². The van der Waals surface area contributed by atoms with E-state index in [9.17, 15) is 4.79 Å². The predicted octanol–water partition coefficient (Wildman–Crippen LogP) is 3.19. The van der Waals surface area contributed by atoms with E-state index in [4.69, 9.17) is 9.15 Å². The fourth-order valence-corrected chi connectivity index (χ4v) is 2.92. The Kier molecular flexibility index (Phi) is 4.13. The minimum Gasteiger partial charge on any atom is -0.468 e. The first-order chi connectivity index (χ1) is 9.43. The summed E-state index contributed by atoms with van der Waals surface area (Å²) in [6, 6.07) is 3.14. The third-order valence-corrected chi connectivity index (χ3v) is 4.13. The number of aryl methyl sites for hydroxylation is 2. The molecule has 0 aliphatic heterocycles. The Balaban J connectivity index is 2.19. The quantitative estimate of drug-likeness (QED) is 0.869. The maximum absolute atomic E-state index is 12.4. The van der Waals surface area contributed by atoms with Crippen molar-refractivity contribution in [1.29, 1.82) is 0 Å². The van der Waals surface area contributed by atoms with Crippen LogP contribution in [0, 0.1) is 13.8 Å². The van der Waals surface area contributed by atoms with Crippen LogP contribution in [-0.4, -0.2) is 29.9 Å². The summed E-state index contributed by atoms with van der Waals surface area (Å²) in [5.74, 6) is 0.404. The first kappa shape index (κ1) is 14.6. The molecule has 0 radical (unpaired) electrons. The second-order valence-electron chi connectivity index (χ2n) is 4.59. The molecule has 0 unspecified atom stereocenters. The smallest absolute Gasteiger partial charge is 0.290 e. The molecule has 0 aliphatic carbocycles. The number of rotatable bonds is 4. The van der Waals surface area contributed by atoms with Crippen molar-refractivity contribution in [1.82, 2.24) is 9.88 Å². The van der Waals surface area contributed by atoms with Crippen molar-refractivity contribution in [3.05, 3.63) is 33.5 Å². The van der Waals surface area contributed by atoms with E-state index in [1.165, 1.54) is 7.11 Å². The molecule has 2 rings (SSSR count). The van der Waals surface area contributed by atoms with Gasteiger partial charge in [-0.2, -0.15) is 0 Å². The number of hydrogen-bond acceptors (Lipinski definition) is 5. The normalized spacial score (nSPS) is 12.2. The molecule has 1 amide bonds. The van der Waals surface area contributed by atoms with Gasteiger partial charge < -0.3 is 14.1 Å². The van der Waals surface area contributed by atoms with Crippen LogP contribution in [0.1, 0.15) is 39.1 Å². The molecule has 0 N–H and O–H groups in total. The monoisotopic (exact) mass is 294 g/mol. The van der Waals surface area contributed by atoms with E-state index in [2.05, 4.69) is 4.98 Å². The molecule has 6 heteroatoms. The van der Waals surface area contributed by atoms with Gasteiger partial charge in [0.1, 0.15) is 0 Å². The van der Waals surface area contributed by atoms with Gasteiger partial charge in [0, 0.05) is 18.0 Å². The molecule has 2 heterocycles. The molecule has 0 spiro atoms. The van der Waals surface area contributed by atoms with E-state index >= 15 is 0 Å². The van der Waals surface area contributed by atoms with Crippen LogP contribution in [0.25, 0.3) is 0 Å². The number of amides is 1. The summed E-state index contributed by atoms with van der Waals surface area (Å²) < 4.78 is 10.3. The largest absolute Gasteiger partial charge is 0.468 e. The second-order valence-corrected chi connectivity index (χ2v) is 6.00. The molecule has 0 aliphatic rings. The fraction of sp³-hybridized carbons (Fsp3) is 0.429. The van der Waals surface area contributed by atoms with Crippen LogP contribution in [0.4, 0.5) is 0 Å². The van der Waals surface area contributed by atoms with Crippen LogP contribution in [0.2, 0.25) is 0 Å². The first-order valence-corrected chi connectivity index (χ1v) is 7.10. The van der Waals surface area contributed by atoms with E-state index < -0.39 is 0 Å². The lowest BCUT2D eigenvalue weighted by molar-refractivity contribution is 0.0701. The number of nitrogens with zero attached hydrogens (tertiary/aromatic N) is 2. The molecule has 2 aromatic heterocycles. The number of carbonyl (C=O) groups is 1. The summed E-state index contributed by atoms with van der Waals surface area (Å²) in [5, 5.41) is 1.00. The van der Waals surface area contributed by atoms with Crippen LogP contribution in [0.3, 0.4) is 0 Å². The maximum Gasteiger partial charge on any atom is 0.290 e. The molecule has 1 atom stereocenters. The van der Waals surface area contributed by atoms with Gasteiger partial charge in [-0.1, -0.05) is 0 Å². The van der Waals surface area contributed by atoms with E-state index in [-0.39, 0.29) is 17.7 Å². The van der Waals surface area contributed by atoms with Crippen LogP contribution >= 0.6 is 11.3 Å². The molecule has 0 saturated heterocycles. The molecule has 0 saturated carbocycles. The Morgan fingerprint density at radius 3 is 2.65 bits per heavy atom. The average molecular weight is 294 g/mol. The second kappa shape index (κ2) is 5.66. The number of thiazole rings is 1. The van der Waals surface area contributed by atoms with Gasteiger partial charge in [0.05, 0.1) is 23.9 Å². The van der Waals surface area contributed by atoms with Gasteiger partial charge in [-0.3, -0.25) is 4.79 Å². The standard InChI is InChI=1S/C14H18N2O3S/c1-8(13-9(2)20-10(3)15-13)16(4)14(17)11-6-7-12(18-5)19-11/h6-8H,1-5H3/t8-/m1/s1. The Morgan fingerprint density at radius 1 is 1.45 bits per heavy atom. The van der Waals surface area contributed by atoms with Crippen LogP contribution < -0.4 is 4.74 Å². The minimum atomic E-state index is -0.189. The van der Waals surface area contributed by atoms with E-state index in [0.29, 0.717) is 5.95 Å². The summed E-state index contributed by atoms with van der Waals surface area (Å²) >= 11 is 1.64. The van der Waals surface area contributed by atoms with E-state index in [0.717, 1.165) is 15.6 Å². The highest BCUT2D eigenvalue weighted by atomic mass is 32.1. The Bertz CT molecular complexity index is 618. The zero-order chi connectivity index (χ0) is 14.9. The van der Waals surface area contributed by atoms with Gasteiger partial charge >= 0.3 is 0 Å². The van der Waals surface area contributed by atoms with Gasteiger partial charge in [-0.15, -0.1) is 11.3 Å². The molecule has 2 aromatic rings. The third kappa shape index (κ3) is 2.70. The lowest BCUT2D eigenvalue weighted by Crippen LogP contribution is -2.29. The number of hydrogen-bond donors (Lipinski definition) is 0. The van der Waals surface area contributed by atoms with Crippen LogP contribution in [-0.2, 0) is 0 Å². The summed E-state index contributed by atoms with van der Waals surface area (Å²) in [5.41, 5.74) is 0.932. The molecule has 0 bridgehead atoms. The minimum absolute atomic E-state index is 0.108. The number of aromatic nitrogens is 1. The van der Waals surface area contributed by atoms with Crippen molar-refractivity contribution in [2.24, 2.45) is 0 Å². The van der Waals surface area contributed by atoms with Gasteiger partial charge in [0.15, 0.2) is 5.76 Å². The highest BCUT2D eigenvalue weighted by Crippen LogP contribution is 2.27. The van der Waals surface area contributed by atoms with Crippen LogP contribution in [0.15, 0.2) is 16.5 Å². The van der Waals surface area contributed by atoms with Gasteiger partial charge in [0.25, 0.3) is 11.9 Å². The molecule has 0 aromatic carbocycles. The SMILES string of the molecule is COc1ccc(C(=O)N(C)[C@H](C)c2nc(C)sc2C)o1. The van der Waals surface area contributed by atoms with Gasteiger partial charge in [0.2, 0.25) is 0 Å². The topological polar surface area (TPSA) is 55.6 Å². The zero-order valence-corrected chi connectivity index (χ0v) is 13.1. The van der Waals surface area contributed by atoms with Crippen molar-refractivity contribution in [3.8, 4) is 5.95 Å². The molecular formula is C14H18N2O3S. The molecule has 0 fully saturated rings. The van der Waals surface area contributed by atoms with Crippen molar-refractivity contribution in [3.63, 3.8) is 0 Å². The maximum atomic E-state index is 12.4. The van der Waals surface area contributed by atoms with Crippen LogP contribution in [0.5, 0.6) is 5.95 Å². The average Bonchev–Trinajstić information content (AvgIpc) is 3.02. The molecule has 108 valence electrons. The van der Waals surface area contributed by atoms with Gasteiger partial charge in [-0.25, -0.2) is 4.98 Å². The summed E-state index contributed by atoms with van der Waals surface area (Å²) in [6.07, 6.45) is 0. The summed E-state index contributed by atoms with van der Waals surface area (Å²) in [7, 11) is 3.25. The summed E-state index contributed by atoms with van der Waals surface area (Å²) in [4.78, 5) is 19.6. The zero-order valence-electron chi connectivity index (χ0n) is 12.3. The highest BCUT2D eigenvalue weighted by Gasteiger charge is 2.24.